The second-order valence-corrected chi connectivity index (χ2v) is 6.85. The summed E-state index contributed by atoms with van der Waals surface area (Å²) >= 11 is 0. The first-order valence-electron chi connectivity index (χ1n) is 8.69. The molecule has 1 N–H and O–H groups in total. The number of hydrogen-bond acceptors (Lipinski definition) is 4. The summed E-state index contributed by atoms with van der Waals surface area (Å²) < 4.78 is 5.05. The minimum atomic E-state index is -0.259. The van der Waals surface area contributed by atoms with Crippen LogP contribution in [-0.4, -0.2) is 64.1 Å². The predicted octanol–water partition coefficient (Wildman–Crippen LogP) is 1.78. The number of nitrogens with one attached hydrogen (secondary N) is 1. The molecule has 0 aliphatic carbocycles. The minimum Gasteiger partial charge on any atom is -0.447 e. The molecule has 2 saturated heterocycles. The van der Waals surface area contributed by atoms with Crippen molar-refractivity contribution >= 4 is 23.0 Å². The van der Waals surface area contributed by atoms with Gasteiger partial charge in [-0.1, -0.05) is 6.07 Å². The van der Waals surface area contributed by atoms with E-state index in [2.05, 4.69) is 29.9 Å². The van der Waals surface area contributed by atoms with Crippen LogP contribution in [0, 0.1) is 13.8 Å². The standard InChI is InChI=1S/C18H22N4O3/c1-11-3-4-14-17(12(11)2)20-15(19-14)5-6-16(23)21-7-8-22-13(9-21)10-25-18(22)24/h3-4,13H,5-10H2,1-2H3,(H,19,20). The van der Waals surface area contributed by atoms with E-state index in [0.717, 1.165) is 16.9 Å². The van der Waals surface area contributed by atoms with E-state index in [0.29, 0.717) is 39.1 Å². The van der Waals surface area contributed by atoms with Gasteiger partial charge in [-0.15, -0.1) is 0 Å². The van der Waals surface area contributed by atoms with E-state index in [1.54, 1.807) is 4.90 Å². The van der Waals surface area contributed by atoms with Crippen LogP contribution >= 0.6 is 0 Å². The van der Waals surface area contributed by atoms with Gasteiger partial charge in [-0.3, -0.25) is 9.69 Å². The lowest BCUT2D eigenvalue weighted by Crippen LogP contribution is -2.53. The van der Waals surface area contributed by atoms with Crippen molar-refractivity contribution in [3.05, 3.63) is 29.1 Å². The number of amides is 2. The van der Waals surface area contributed by atoms with Gasteiger partial charge in [0, 0.05) is 32.5 Å². The zero-order chi connectivity index (χ0) is 17.6. The van der Waals surface area contributed by atoms with Crippen LogP contribution < -0.4 is 0 Å². The van der Waals surface area contributed by atoms with E-state index in [9.17, 15) is 9.59 Å². The number of carbonyl (C=O) groups is 2. The summed E-state index contributed by atoms with van der Waals surface area (Å²) in [6, 6.07) is 4.11. The van der Waals surface area contributed by atoms with Gasteiger partial charge in [0.2, 0.25) is 5.91 Å². The van der Waals surface area contributed by atoms with Crippen LogP contribution in [0.15, 0.2) is 12.1 Å². The Labute approximate surface area is 146 Å². The first-order valence-corrected chi connectivity index (χ1v) is 8.69. The first kappa shape index (κ1) is 15.9. The van der Waals surface area contributed by atoms with Crippen LogP contribution in [0.1, 0.15) is 23.4 Å². The Kier molecular flexibility index (Phi) is 3.86. The summed E-state index contributed by atoms with van der Waals surface area (Å²) in [5, 5.41) is 0. The number of ether oxygens (including phenoxy) is 1. The number of carbonyl (C=O) groups excluding carboxylic acids is 2. The monoisotopic (exact) mass is 342 g/mol. The van der Waals surface area contributed by atoms with E-state index >= 15 is 0 Å². The van der Waals surface area contributed by atoms with E-state index in [1.807, 2.05) is 11.0 Å². The lowest BCUT2D eigenvalue weighted by atomic mass is 10.1. The van der Waals surface area contributed by atoms with Gasteiger partial charge in [-0.05, 0) is 31.0 Å². The van der Waals surface area contributed by atoms with Crippen molar-refractivity contribution in [2.75, 3.05) is 26.2 Å². The normalized spacial score (nSPS) is 20.1. The fraction of sp³-hybridized carbons (Fsp3) is 0.500. The van der Waals surface area contributed by atoms with Crippen molar-refractivity contribution < 1.29 is 14.3 Å². The SMILES string of the molecule is Cc1ccc2[nH]c(CCC(=O)N3CCN4C(=O)OCC4C3)nc2c1C. The number of rotatable bonds is 3. The molecule has 25 heavy (non-hydrogen) atoms. The predicted molar refractivity (Wildman–Crippen MR) is 92.3 cm³/mol. The number of cyclic esters (lactones) is 1. The Balaban J connectivity index is 1.39. The summed E-state index contributed by atoms with van der Waals surface area (Å²) in [5.41, 5.74) is 4.39. The van der Waals surface area contributed by atoms with Crippen molar-refractivity contribution in [3.63, 3.8) is 0 Å². The van der Waals surface area contributed by atoms with Gasteiger partial charge in [0.1, 0.15) is 12.4 Å². The van der Waals surface area contributed by atoms with Crippen LogP contribution in [-0.2, 0) is 16.0 Å². The molecule has 0 spiro atoms. The maximum atomic E-state index is 12.5. The first-order chi connectivity index (χ1) is 12.0. The topological polar surface area (TPSA) is 78.5 Å². The van der Waals surface area contributed by atoms with Crippen molar-refractivity contribution in [1.29, 1.82) is 0 Å². The Bertz CT molecular complexity index is 844. The third kappa shape index (κ3) is 2.83. The molecule has 4 rings (SSSR count). The number of fused-ring (bicyclic) bond motifs is 2. The lowest BCUT2D eigenvalue weighted by Gasteiger charge is -2.35. The molecule has 2 aliphatic rings. The van der Waals surface area contributed by atoms with Gasteiger partial charge in [0.25, 0.3) is 0 Å². The molecule has 7 nitrogen and oxygen atoms in total. The number of H-pyrrole nitrogens is 1. The molecule has 2 aliphatic heterocycles. The third-order valence-electron chi connectivity index (χ3n) is 5.27. The molecule has 2 fully saturated rings. The van der Waals surface area contributed by atoms with Crippen molar-refractivity contribution in [3.8, 4) is 0 Å². The number of aromatic amines is 1. The lowest BCUT2D eigenvalue weighted by molar-refractivity contribution is -0.133. The quantitative estimate of drug-likeness (QED) is 0.922. The largest absolute Gasteiger partial charge is 0.447 e. The maximum Gasteiger partial charge on any atom is 0.410 e. The van der Waals surface area contributed by atoms with E-state index in [4.69, 9.17) is 4.74 Å². The summed E-state index contributed by atoms with van der Waals surface area (Å²) in [6.45, 7) is 6.21. The molecule has 3 heterocycles. The number of nitrogens with zero attached hydrogens (tertiary/aromatic N) is 3. The Morgan fingerprint density at radius 2 is 2.20 bits per heavy atom. The summed E-state index contributed by atoms with van der Waals surface area (Å²) in [4.78, 5) is 35.6. The molecule has 0 saturated carbocycles. The fourth-order valence-corrected chi connectivity index (χ4v) is 3.58. The fourth-order valence-electron chi connectivity index (χ4n) is 3.58. The number of hydrogen-bond donors (Lipinski definition) is 1. The third-order valence-corrected chi connectivity index (χ3v) is 5.27. The smallest absolute Gasteiger partial charge is 0.410 e. The molecule has 2 amide bonds. The number of benzene rings is 1. The minimum absolute atomic E-state index is 0.00188. The molecule has 1 unspecified atom stereocenters. The molecule has 0 radical (unpaired) electrons. The van der Waals surface area contributed by atoms with Crippen LogP contribution in [0.5, 0.6) is 0 Å². The van der Waals surface area contributed by atoms with Crippen molar-refractivity contribution in [2.45, 2.75) is 32.7 Å². The zero-order valence-electron chi connectivity index (χ0n) is 14.5. The second-order valence-electron chi connectivity index (χ2n) is 6.85. The highest BCUT2D eigenvalue weighted by Gasteiger charge is 2.38. The van der Waals surface area contributed by atoms with Crippen molar-refractivity contribution in [2.24, 2.45) is 0 Å². The van der Waals surface area contributed by atoms with Gasteiger partial charge in [0.05, 0.1) is 17.1 Å². The van der Waals surface area contributed by atoms with Gasteiger partial charge in [-0.25, -0.2) is 9.78 Å². The molecule has 132 valence electrons. The van der Waals surface area contributed by atoms with Gasteiger partial charge < -0.3 is 14.6 Å². The summed E-state index contributed by atoms with van der Waals surface area (Å²) in [6.07, 6.45) is 0.746. The van der Waals surface area contributed by atoms with Gasteiger partial charge in [0.15, 0.2) is 0 Å². The molecular formula is C18H22N4O3. The van der Waals surface area contributed by atoms with E-state index in [-0.39, 0.29) is 18.0 Å². The average Bonchev–Trinajstić information content (AvgIpc) is 3.20. The number of aromatic nitrogens is 2. The molecule has 1 aromatic carbocycles. The average molecular weight is 342 g/mol. The molecule has 7 heteroatoms. The van der Waals surface area contributed by atoms with Crippen LogP contribution in [0.2, 0.25) is 0 Å². The van der Waals surface area contributed by atoms with Crippen LogP contribution in [0.4, 0.5) is 4.79 Å². The molecule has 1 atom stereocenters. The van der Waals surface area contributed by atoms with Crippen LogP contribution in [0.3, 0.4) is 0 Å². The van der Waals surface area contributed by atoms with E-state index in [1.165, 1.54) is 11.1 Å². The second kappa shape index (κ2) is 6.06. The molecule has 0 bridgehead atoms. The van der Waals surface area contributed by atoms with E-state index < -0.39 is 0 Å². The Morgan fingerprint density at radius 1 is 1.36 bits per heavy atom. The summed E-state index contributed by atoms with van der Waals surface area (Å²) in [5.74, 6) is 0.947. The number of imidazole rings is 1. The zero-order valence-corrected chi connectivity index (χ0v) is 14.5. The number of piperazine rings is 1. The molecular weight excluding hydrogens is 320 g/mol. The van der Waals surface area contributed by atoms with Gasteiger partial charge in [-0.2, -0.15) is 0 Å². The van der Waals surface area contributed by atoms with Crippen molar-refractivity contribution in [1.82, 2.24) is 19.8 Å². The van der Waals surface area contributed by atoms with Gasteiger partial charge >= 0.3 is 6.09 Å². The maximum absolute atomic E-state index is 12.5. The molecule has 2 aromatic rings. The highest BCUT2D eigenvalue weighted by Crippen LogP contribution is 2.21. The highest BCUT2D eigenvalue weighted by molar-refractivity contribution is 5.80. The van der Waals surface area contributed by atoms with Crippen LogP contribution in [0.25, 0.3) is 11.0 Å². The highest BCUT2D eigenvalue weighted by atomic mass is 16.6. The Morgan fingerprint density at radius 3 is 3.04 bits per heavy atom. The number of aryl methyl sites for hydroxylation is 3. The summed E-state index contributed by atoms with van der Waals surface area (Å²) in [7, 11) is 0. The molecule has 1 aromatic heterocycles. The Hall–Kier alpha value is -2.57.